The van der Waals surface area contributed by atoms with E-state index in [1.807, 2.05) is 29.2 Å². The van der Waals surface area contributed by atoms with Crippen molar-refractivity contribution >= 4 is 11.8 Å². The molecule has 0 aliphatic carbocycles. The second kappa shape index (κ2) is 10.3. The van der Waals surface area contributed by atoms with Gasteiger partial charge in [0, 0.05) is 24.2 Å². The number of carbonyl (C=O) groups is 2. The van der Waals surface area contributed by atoms with E-state index in [0.29, 0.717) is 24.4 Å². The fraction of sp³-hybridized carbons (Fsp3) is 0.333. The second-order valence-electron chi connectivity index (χ2n) is 6.30. The van der Waals surface area contributed by atoms with Gasteiger partial charge in [-0.3, -0.25) is 14.8 Å². The van der Waals surface area contributed by atoms with Gasteiger partial charge in [-0.15, -0.1) is 0 Å². The molecule has 0 aromatic heterocycles. The number of methoxy groups -OCH3 is 1. The van der Waals surface area contributed by atoms with Crippen LogP contribution in [0.1, 0.15) is 41.3 Å². The van der Waals surface area contributed by atoms with Crippen LogP contribution in [0.5, 0.6) is 5.75 Å². The molecule has 27 heavy (non-hydrogen) atoms. The van der Waals surface area contributed by atoms with Crippen molar-refractivity contribution in [3.8, 4) is 5.75 Å². The number of hydrogen-bond donors (Lipinski definition) is 2. The fourth-order valence-electron chi connectivity index (χ4n) is 2.81. The molecule has 2 amide bonds. The summed E-state index contributed by atoms with van der Waals surface area (Å²) in [5.41, 5.74) is 3.76. The SMILES string of the molecule is CCCCN(Cc1ccc(C(=O)NO)cc1)C(=O)Cc1ccccc1OC. The highest BCUT2D eigenvalue weighted by Gasteiger charge is 2.16. The smallest absolute Gasteiger partial charge is 0.274 e. The molecule has 0 aliphatic rings. The number of ether oxygens (including phenoxy) is 1. The van der Waals surface area contributed by atoms with Gasteiger partial charge in [-0.25, -0.2) is 5.48 Å². The van der Waals surface area contributed by atoms with Gasteiger partial charge < -0.3 is 9.64 Å². The maximum absolute atomic E-state index is 12.9. The number of amides is 2. The lowest BCUT2D eigenvalue weighted by atomic mass is 10.1. The van der Waals surface area contributed by atoms with E-state index >= 15 is 0 Å². The Kier molecular flexibility index (Phi) is 7.82. The number of hydroxylamine groups is 1. The minimum Gasteiger partial charge on any atom is -0.496 e. The fourth-order valence-corrected chi connectivity index (χ4v) is 2.81. The quantitative estimate of drug-likeness (QED) is 0.525. The van der Waals surface area contributed by atoms with Gasteiger partial charge in [-0.2, -0.15) is 0 Å². The average molecular weight is 370 g/mol. The Morgan fingerprint density at radius 1 is 1.11 bits per heavy atom. The van der Waals surface area contributed by atoms with Crippen LogP contribution in [0.25, 0.3) is 0 Å². The van der Waals surface area contributed by atoms with Gasteiger partial charge in [0.2, 0.25) is 5.91 Å². The molecule has 0 heterocycles. The van der Waals surface area contributed by atoms with Crippen molar-refractivity contribution in [2.24, 2.45) is 0 Å². The molecule has 6 nitrogen and oxygen atoms in total. The number of unbranched alkanes of at least 4 members (excludes halogenated alkanes) is 1. The number of nitrogens with zero attached hydrogens (tertiary/aromatic N) is 1. The zero-order valence-corrected chi connectivity index (χ0v) is 15.8. The van der Waals surface area contributed by atoms with E-state index < -0.39 is 5.91 Å². The molecule has 2 aromatic carbocycles. The van der Waals surface area contributed by atoms with Crippen molar-refractivity contribution in [2.75, 3.05) is 13.7 Å². The van der Waals surface area contributed by atoms with Crippen LogP contribution in [0, 0.1) is 0 Å². The largest absolute Gasteiger partial charge is 0.496 e. The zero-order valence-electron chi connectivity index (χ0n) is 15.8. The van der Waals surface area contributed by atoms with Crippen molar-refractivity contribution in [1.82, 2.24) is 10.4 Å². The molecule has 2 aromatic rings. The Morgan fingerprint density at radius 3 is 2.44 bits per heavy atom. The number of hydrogen-bond acceptors (Lipinski definition) is 4. The Balaban J connectivity index is 2.11. The molecule has 0 saturated carbocycles. The van der Waals surface area contributed by atoms with E-state index in [-0.39, 0.29) is 12.3 Å². The maximum atomic E-state index is 12.9. The minimum absolute atomic E-state index is 0.0325. The highest BCUT2D eigenvalue weighted by molar-refractivity contribution is 5.93. The van der Waals surface area contributed by atoms with E-state index in [9.17, 15) is 9.59 Å². The summed E-state index contributed by atoms with van der Waals surface area (Å²) in [6.45, 7) is 3.23. The lowest BCUT2D eigenvalue weighted by Crippen LogP contribution is -2.33. The summed E-state index contributed by atoms with van der Waals surface area (Å²) in [6, 6.07) is 14.4. The van der Waals surface area contributed by atoms with Crippen LogP contribution in [0.15, 0.2) is 48.5 Å². The number of carbonyl (C=O) groups excluding carboxylic acids is 2. The first-order valence-electron chi connectivity index (χ1n) is 9.02. The number of rotatable bonds is 9. The Hall–Kier alpha value is -2.86. The summed E-state index contributed by atoms with van der Waals surface area (Å²) in [4.78, 5) is 26.1. The normalized spacial score (nSPS) is 10.3. The molecule has 0 bridgehead atoms. The molecule has 2 rings (SSSR count). The monoisotopic (exact) mass is 370 g/mol. The Labute approximate surface area is 159 Å². The number of para-hydroxylation sites is 1. The lowest BCUT2D eigenvalue weighted by molar-refractivity contribution is -0.131. The highest BCUT2D eigenvalue weighted by atomic mass is 16.5. The topological polar surface area (TPSA) is 78.9 Å². The molecular weight excluding hydrogens is 344 g/mol. The van der Waals surface area contributed by atoms with E-state index in [2.05, 4.69) is 6.92 Å². The first-order valence-corrected chi connectivity index (χ1v) is 9.02. The lowest BCUT2D eigenvalue weighted by Gasteiger charge is -2.23. The van der Waals surface area contributed by atoms with Crippen LogP contribution >= 0.6 is 0 Å². The summed E-state index contributed by atoms with van der Waals surface area (Å²) in [5, 5.41) is 8.69. The van der Waals surface area contributed by atoms with Gasteiger partial charge in [0.15, 0.2) is 0 Å². The molecule has 0 saturated heterocycles. The third-order valence-electron chi connectivity index (χ3n) is 4.36. The molecule has 0 spiro atoms. The van der Waals surface area contributed by atoms with E-state index in [0.717, 1.165) is 24.0 Å². The molecule has 0 radical (unpaired) electrons. The van der Waals surface area contributed by atoms with Crippen molar-refractivity contribution in [3.63, 3.8) is 0 Å². The van der Waals surface area contributed by atoms with Crippen molar-refractivity contribution < 1.29 is 19.5 Å². The van der Waals surface area contributed by atoms with Crippen LogP contribution in [0.3, 0.4) is 0 Å². The van der Waals surface area contributed by atoms with Gasteiger partial charge in [-0.05, 0) is 30.2 Å². The predicted octanol–water partition coefficient (Wildman–Crippen LogP) is 3.19. The Morgan fingerprint density at radius 2 is 1.81 bits per heavy atom. The summed E-state index contributed by atoms with van der Waals surface area (Å²) >= 11 is 0. The molecule has 0 atom stereocenters. The summed E-state index contributed by atoms with van der Waals surface area (Å²) in [7, 11) is 1.60. The summed E-state index contributed by atoms with van der Waals surface area (Å²) < 4.78 is 5.34. The number of nitrogens with one attached hydrogen (secondary N) is 1. The van der Waals surface area contributed by atoms with E-state index in [1.165, 1.54) is 0 Å². The zero-order chi connectivity index (χ0) is 19.6. The highest BCUT2D eigenvalue weighted by Crippen LogP contribution is 2.19. The van der Waals surface area contributed by atoms with Crippen molar-refractivity contribution in [3.05, 3.63) is 65.2 Å². The summed E-state index contributed by atoms with van der Waals surface area (Å²) in [5.74, 6) is 0.183. The molecule has 0 unspecified atom stereocenters. The van der Waals surface area contributed by atoms with Crippen LogP contribution in [-0.2, 0) is 17.8 Å². The van der Waals surface area contributed by atoms with Crippen LogP contribution in [-0.4, -0.2) is 35.6 Å². The van der Waals surface area contributed by atoms with Crippen molar-refractivity contribution in [1.29, 1.82) is 0 Å². The molecule has 2 N–H and O–H groups in total. The van der Waals surface area contributed by atoms with E-state index in [1.54, 1.807) is 36.9 Å². The second-order valence-corrected chi connectivity index (χ2v) is 6.30. The van der Waals surface area contributed by atoms with Gasteiger partial charge in [0.25, 0.3) is 5.91 Å². The third kappa shape index (κ3) is 5.82. The Bertz CT molecular complexity index is 759. The van der Waals surface area contributed by atoms with Gasteiger partial charge in [0.05, 0.1) is 13.5 Å². The third-order valence-corrected chi connectivity index (χ3v) is 4.36. The molecular formula is C21H26N2O4. The van der Waals surface area contributed by atoms with Gasteiger partial charge >= 0.3 is 0 Å². The predicted molar refractivity (Wildman–Crippen MR) is 103 cm³/mol. The van der Waals surface area contributed by atoms with E-state index in [4.69, 9.17) is 9.94 Å². The average Bonchev–Trinajstić information content (AvgIpc) is 2.71. The first-order chi connectivity index (χ1) is 13.1. The molecule has 144 valence electrons. The number of benzene rings is 2. The minimum atomic E-state index is -0.559. The summed E-state index contributed by atoms with van der Waals surface area (Å²) in [6.07, 6.45) is 2.19. The van der Waals surface area contributed by atoms with Gasteiger partial charge in [0.1, 0.15) is 5.75 Å². The maximum Gasteiger partial charge on any atom is 0.274 e. The van der Waals surface area contributed by atoms with Crippen molar-refractivity contribution in [2.45, 2.75) is 32.7 Å². The molecule has 0 fully saturated rings. The van der Waals surface area contributed by atoms with Crippen LogP contribution < -0.4 is 10.2 Å². The molecule has 0 aliphatic heterocycles. The standard InChI is InChI=1S/C21H26N2O4/c1-3-4-13-23(15-16-9-11-17(12-10-16)21(25)22-26)20(24)14-18-7-5-6-8-19(18)27-2/h5-12,26H,3-4,13-15H2,1-2H3,(H,22,25). The molecule has 6 heteroatoms. The van der Waals surface area contributed by atoms with Gasteiger partial charge in [-0.1, -0.05) is 43.7 Å². The van der Waals surface area contributed by atoms with Crippen LogP contribution in [0.2, 0.25) is 0 Å². The first kappa shape index (κ1) is 20.5. The van der Waals surface area contributed by atoms with Crippen LogP contribution in [0.4, 0.5) is 0 Å².